The van der Waals surface area contributed by atoms with Crippen molar-refractivity contribution in [1.29, 1.82) is 0 Å². The summed E-state index contributed by atoms with van der Waals surface area (Å²) in [5.41, 5.74) is 5.76. The Hall–Kier alpha value is -5.44. The molecule has 0 aliphatic heterocycles. The van der Waals surface area contributed by atoms with Gasteiger partial charge in [0.15, 0.2) is 0 Å². The van der Waals surface area contributed by atoms with E-state index >= 15 is 0 Å². The third kappa shape index (κ3) is 3.35. The van der Waals surface area contributed by atoms with Gasteiger partial charge in [-0.15, -0.1) is 11.3 Å². The summed E-state index contributed by atoms with van der Waals surface area (Å²) < 4.78 is 9.16. The number of hydrogen-bond donors (Lipinski definition) is 0. The van der Waals surface area contributed by atoms with Gasteiger partial charge in [-0.1, -0.05) is 103 Å². The molecule has 0 fully saturated rings. The van der Waals surface area contributed by atoms with Crippen LogP contribution in [0.15, 0.2) is 150 Å². The molecule has 0 aliphatic carbocycles. The predicted molar refractivity (Wildman–Crippen MR) is 190 cm³/mol. The molecule has 0 bridgehead atoms. The molecule has 0 N–H and O–H groups in total. The van der Waals surface area contributed by atoms with Crippen molar-refractivity contribution < 1.29 is 4.42 Å². The first kappa shape index (κ1) is 24.0. The maximum Gasteiger partial charge on any atom is 0.142 e. The Morgan fingerprint density at radius 1 is 0.386 bits per heavy atom. The molecule has 10 aromatic rings. The molecule has 2 heterocycles. The molecule has 8 aromatic carbocycles. The van der Waals surface area contributed by atoms with Gasteiger partial charge in [-0.2, -0.15) is 0 Å². The van der Waals surface area contributed by atoms with Gasteiger partial charge in [0.2, 0.25) is 0 Å². The Labute approximate surface area is 257 Å². The molecule has 0 spiro atoms. The van der Waals surface area contributed by atoms with Crippen molar-refractivity contribution in [2.75, 3.05) is 0 Å². The Kier molecular flexibility index (Phi) is 4.94. The lowest BCUT2D eigenvalue weighted by Crippen LogP contribution is -1.89. The first-order valence-corrected chi connectivity index (χ1v) is 15.8. The van der Waals surface area contributed by atoms with Crippen molar-refractivity contribution in [2.24, 2.45) is 0 Å². The number of hydrogen-bond acceptors (Lipinski definition) is 2. The highest BCUT2D eigenvalue weighted by atomic mass is 32.1. The third-order valence-corrected chi connectivity index (χ3v) is 10.4. The molecule has 44 heavy (non-hydrogen) atoms. The second-order valence-corrected chi connectivity index (χ2v) is 12.7. The van der Waals surface area contributed by atoms with Crippen LogP contribution < -0.4 is 0 Å². The van der Waals surface area contributed by atoms with Gasteiger partial charge in [-0.25, -0.2) is 0 Å². The molecule has 10 rings (SSSR count). The largest absolute Gasteiger partial charge is 0.463 e. The van der Waals surface area contributed by atoms with Gasteiger partial charge >= 0.3 is 0 Å². The van der Waals surface area contributed by atoms with Crippen LogP contribution in [0.2, 0.25) is 0 Å². The Bertz CT molecular complexity index is 2780. The summed E-state index contributed by atoms with van der Waals surface area (Å²) in [4.78, 5) is 0. The summed E-state index contributed by atoms with van der Waals surface area (Å²) in [7, 11) is 0. The summed E-state index contributed by atoms with van der Waals surface area (Å²) in [6.07, 6.45) is 1.98. The van der Waals surface area contributed by atoms with Crippen LogP contribution in [0.5, 0.6) is 0 Å². The summed E-state index contributed by atoms with van der Waals surface area (Å²) in [6.45, 7) is 0. The highest BCUT2D eigenvalue weighted by Gasteiger charge is 2.21. The van der Waals surface area contributed by atoms with Crippen molar-refractivity contribution in [3.05, 3.63) is 146 Å². The zero-order chi connectivity index (χ0) is 28.8. The summed E-state index contributed by atoms with van der Waals surface area (Å²) >= 11 is 1.87. The second kappa shape index (κ2) is 9.03. The number of fused-ring (bicyclic) bond motifs is 10. The molecule has 0 saturated heterocycles. The van der Waals surface area contributed by atoms with Gasteiger partial charge in [0, 0.05) is 42.1 Å². The normalized spacial score (nSPS) is 12.1. The average molecular weight is 577 g/mol. The maximum absolute atomic E-state index is 6.54. The molecule has 2 heteroatoms. The summed E-state index contributed by atoms with van der Waals surface area (Å²) in [5.74, 6) is 0. The van der Waals surface area contributed by atoms with E-state index in [1.165, 1.54) is 74.6 Å². The Morgan fingerprint density at radius 2 is 1.09 bits per heavy atom. The van der Waals surface area contributed by atoms with Crippen molar-refractivity contribution >= 4 is 85.6 Å². The number of thiophene rings is 1. The molecule has 0 aliphatic rings. The van der Waals surface area contributed by atoms with E-state index in [4.69, 9.17) is 4.42 Å². The van der Waals surface area contributed by atoms with Crippen LogP contribution in [0.4, 0.5) is 0 Å². The number of benzene rings is 8. The predicted octanol–water partition coefficient (Wildman–Crippen LogP) is 12.7. The van der Waals surface area contributed by atoms with Crippen LogP contribution in [0, 0.1) is 0 Å². The SMILES string of the molecule is c1ccc2cc3c(-c4coc5c4ccc4c6ccccc6ccc45)c(-c4cccc5sc6ccccc6c45)ccc3cc2c1. The fourth-order valence-electron chi connectivity index (χ4n) is 7.30. The lowest BCUT2D eigenvalue weighted by atomic mass is 9.87. The highest BCUT2D eigenvalue weighted by Crippen LogP contribution is 2.48. The van der Waals surface area contributed by atoms with Crippen molar-refractivity contribution in [3.63, 3.8) is 0 Å². The van der Waals surface area contributed by atoms with E-state index in [-0.39, 0.29) is 0 Å². The number of rotatable bonds is 2. The molecular weight excluding hydrogens is 553 g/mol. The van der Waals surface area contributed by atoms with Gasteiger partial charge in [0.25, 0.3) is 0 Å². The van der Waals surface area contributed by atoms with Crippen LogP contribution in [0.1, 0.15) is 0 Å². The van der Waals surface area contributed by atoms with Gasteiger partial charge in [0.1, 0.15) is 5.58 Å². The van der Waals surface area contributed by atoms with E-state index in [0.29, 0.717) is 0 Å². The highest BCUT2D eigenvalue weighted by molar-refractivity contribution is 7.25. The first-order chi connectivity index (χ1) is 21.8. The standard InChI is InChI=1S/C42H24OS/c1-2-10-27-23-36-28(22-26(27)9-1)17-18-32(31-13-7-15-39-41(31)35-12-5-6-14-38(35)44-39)40(36)37-24-43-42-33-19-16-25-8-3-4-11-29(25)30(33)20-21-34(37)42/h1-24H. The fraction of sp³-hybridized carbons (Fsp3) is 0. The van der Waals surface area contributed by atoms with E-state index in [1.54, 1.807) is 0 Å². The van der Waals surface area contributed by atoms with Gasteiger partial charge < -0.3 is 4.42 Å². The van der Waals surface area contributed by atoms with Crippen molar-refractivity contribution in [1.82, 2.24) is 0 Å². The van der Waals surface area contributed by atoms with Crippen molar-refractivity contribution in [2.45, 2.75) is 0 Å². The number of furan rings is 1. The van der Waals surface area contributed by atoms with Crippen molar-refractivity contribution in [3.8, 4) is 22.3 Å². The third-order valence-electron chi connectivity index (χ3n) is 9.31. The smallest absolute Gasteiger partial charge is 0.142 e. The van der Waals surface area contributed by atoms with E-state index in [9.17, 15) is 0 Å². The minimum absolute atomic E-state index is 0.936. The first-order valence-electron chi connectivity index (χ1n) is 15.0. The lowest BCUT2D eigenvalue weighted by Gasteiger charge is -2.15. The zero-order valence-electron chi connectivity index (χ0n) is 23.7. The monoisotopic (exact) mass is 576 g/mol. The van der Waals surface area contributed by atoms with E-state index in [1.807, 2.05) is 17.6 Å². The van der Waals surface area contributed by atoms with Gasteiger partial charge in [-0.05, 0) is 85.2 Å². The lowest BCUT2D eigenvalue weighted by molar-refractivity contribution is 0.620. The van der Waals surface area contributed by atoms with E-state index in [2.05, 4.69) is 140 Å². The molecular formula is C42H24OS. The topological polar surface area (TPSA) is 13.1 Å². The summed E-state index contributed by atoms with van der Waals surface area (Å²) in [5, 5.41) is 13.6. The quantitative estimate of drug-likeness (QED) is 0.147. The van der Waals surface area contributed by atoms with E-state index in [0.717, 1.165) is 21.9 Å². The second-order valence-electron chi connectivity index (χ2n) is 11.7. The molecule has 2 aromatic heterocycles. The van der Waals surface area contributed by atoms with Gasteiger partial charge in [-0.3, -0.25) is 0 Å². The van der Waals surface area contributed by atoms with Crippen LogP contribution >= 0.6 is 11.3 Å². The zero-order valence-corrected chi connectivity index (χ0v) is 24.5. The Morgan fingerprint density at radius 3 is 2.00 bits per heavy atom. The minimum Gasteiger partial charge on any atom is -0.463 e. The minimum atomic E-state index is 0.936. The molecule has 204 valence electrons. The molecule has 0 radical (unpaired) electrons. The van der Waals surface area contributed by atoms with Crippen LogP contribution in [0.25, 0.3) is 96.5 Å². The molecule has 0 atom stereocenters. The van der Waals surface area contributed by atoms with Crippen LogP contribution in [-0.2, 0) is 0 Å². The van der Waals surface area contributed by atoms with Crippen LogP contribution in [-0.4, -0.2) is 0 Å². The molecule has 0 amide bonds. The van der Waals surface area contributed by atoms with E-state index < -0.39 is 0 Å². The van der Waals surface area contributed by atoms with Gasteiger partial charge in [0.05, 0.1) is 6.26 Å². The molecule has 1 nitrogen and oxygen atoms in total. The molecule has 0 unspecified atom stereocenters. The summed E-state index contributed by atoms with van der Waals surface area (Å²) in [6, 6.07) is 51.0. The Balaban J connectivity index is 1.35. The fourth-order valence-corrected chi connectivity index (χ4v) is 8.43. The average Bonchev–Trinajstić information content (AvgIpc) is 3.68. The molecule has 0 saturated carbocycles. The maximum atomic E-state index is 6.54. The van der Waals surface area contributed by atoms with Crippen LogP contribution in [0.3, 0.4) is 0 Å².